The minimum Gasteiger partial charge on any atom is -0.481 e. The predicted molar refractivity (Wildman–Crippen MR) is 58.0 cm³/mol. The summed E-state index contributed by atoms with van der Waals surface area (Å²) in [6.07, 6.45) is 9.52. The lowest BCUT2D eigenvalue weighted by atomic mass is 10.2. The van der Waals surface area contributed by atoms with E-state index < -0.39 is 11.9 Å². The van der Waals surface area contributed by atoms with Crippen LogP contribution in [0.2, 0.25) is 0 Å². The number of unbranched alkanes of at least 4 members (excludes halogenated alkanes) is 2. The van der Waals surface area contributed by atoms with Gasteiger partial charge < -0.3 is 9.84 Å². The second-order valence-corrected chi connectivity index (χ2v) is 3.06. The molecule has 0 aromatic carbocycles. The van der Waals surface area contributed by atoms with Gasteiger partial charge in [0, 0.05) is 25.7 Å². The fourth-order valence-electron chi connectivity index (χ4n) is 0.875. The van der Waals surface area contributed by atoms with Gasteiger partial charge in [0.15, 0.2) is 0 Å². The predicted octanol–water partition coefficient (Wildman–Crippen LogP) is 1.55. The number of terminal acetylenes is 1. The van der Waals surface area contributed by atoms with Crippen LogP contribution in [0.15, 0.2) is 0 Å². The van der Waals surface area contributed by atoms with Crippen molar-refractivity contribution >= 4 is 11.9 Å². The fourth-order valence-corrected chi connectivity index (χ4v) is 0.875. The number of carbonyl (C=O) groups is 2. The van der Waals surface area contributed by atoms with Gasteiger partial charge in [0.05, 0.1) is 0 Å². The minimum atomic E-state index is -0.859. The van der Waals surface area contributed by atoms with Crippen LogP contribution in [-0.4, -0.2) is 17.0 Å². The molecular weight excluding hydrogens is 208 g/mol. The Morgan fingerprint density at radius 2 is 1.88 bits per heavy atom. The van der Waals surface area contributed by atoms with E-state index in [1.807, 2.05) is 0 Å². The zero-order valence-electron chi connectivity index (χ0n) is 8.99. The molecule has 4 heteroatoms. The Morgan fingerprint density at radius 3 is 2.50 bits per heavy atom. The van der Waals surface area contributed by atoms with Crippen LogP contribution in [0.4, 0.5) is 0 Å². The smallest absolute Gasteiger partial charge is 0.319 e. The van der Waals surface area contributed by atoms with E-state index in [-0.39, 0.29) is 12.8 Å². The maximum Gasteiger partial charge on any atom is 0.319 e. The number of aliphatic carboxylic acids is 1. The van der Waals surface area contributed by atoms with Crippen LogP contribution < -0.4 is 0 Å². The van der Waals surface area contributed by atoms with Gasteiger partial charge in [-0.1, -0.05) is 5.92 Å². The van der Waals surface area contributed by atoms with E-state index in [0.717, 1.165) is 0 Å². The lowest BCUT2D eigenvalue weighted by Gasteiger charge is -1.95. The van der Waals surface area contributed by atoms with Gasteiger partial charge in [-0.2, -0.15) is 0 Å². The molecule has 0 amide bonds. The van der Waals surface area contributed by atoms with Crippen LogP contribution in [0.3, 0.4) is 0 Å². The third-order valence-electron chi connectivity index (χ3n) is 1.65. The van der Waals surface area contributed by atoms with Crippen LogP contribution in [0, 0.1) is 24.4 Å². The number of ether oxygens (including phenoxy) is 1. The normalized spacial score (nSPS) is 8.44. The first-order valence-corrected chi connectivity index (χ1v) is 4.99. The highest BCUT2D eigenvalue weighted by Gasteiger charge is 2.02. The Bertz CT molecular complexity index is 327. The molecule has 0 aromatic rings. The van der Waals surface area contributed by atoms with Crippen molar-refractivity contribution in [3.05, 3.63) is 0 Å². The van der Waals surface area contributed by atoms with Crippen molar-refractivity contribution in [2.75, 3.05) is 0 Å². The SMILES string of the molecule is C#CCCC#COC(=O)CCCCC(=O)O. The van der Waals surface area contributed by atoms with E-state index in [1.54, 1.807) is 0 Å². The molecule has 0 saturated carbocycles. The molecule has 0 aromatic heterocycles. The maximum atomic E-state index is 11.0. The van der Waals surface area contributed by atoms with E-state index in [9.17, 15) is 9.59 Å². The van der Waals surface area contributed by atoms with E-state index in [2.05, 4.69) is 22.7 Å². The first kappa shape index (κ1) is 14.1. The number of rotatable bonds is 6. The Kier molecular flexibility index (Phi) is 8.44. The lowest BCUT2D eigenvalue weighted by Crippen LogP contribution is -2.01. The highest BCUT2D eigenvalue weighted by molar-refractivity contribution is 5.70. The summed E-state index contributed by atoms with van der Waals surface area (Å²) < 4.78 is 4.58. The highest BCUT2D eigenvalue weighted by Crippen LogP contribution is 2.00. The first-order chi connectivity index (χ1) is 7.66. The quantitative estimate of drug-likeness (QED) is 0.420. The summed E-state index contributed by atoms with van der Waals surface area (Å²) in [5, 5.41) is 8.35. The average Bonchev–Trinajstić information content (AvgIpc) is 2.24. The van der Waals surface area contributed by atoms with Crippen molar-refractivity contribution in [3.63, 3.8) is 0 Å². The number of carbonyl (C=O) groups excluding carboxylic acids is 1. The average molecular weight is 222 g/mol. The zero-order valence-corrected chi connectivity index (χ0v) is 8.99. The van der Waals surface area contributed by atoms with E-state index in [0.29, 0.717) is 25.7 Å². The molecule has 0 radical (unpaired) electrons. The number of hydrogen-bond acceptors (Lipinski definition) is 3. The van der Waals surface area contributed by atoms with Gasteiger partial charge in [0.2, 0.25) is 0 Å². The Morgan fingerprint density at radius 1 is 1.19 bits per heavy atom. The molecule has 0 rings (SSSR count). The molecular formula is C12H14O4. The Balaban J connectivity index is 3.47. The van der Waals surface area contributed by atoms with Gasteiger partial charge >= 0.3 is 11.9 Å². The van der Waals surface area contributed by atoms with Crippen molar-refractivity contribution in [1.29, 1.82) is 0 Å². The molecule has 0 atom stereocenters. The van der Waals surface area contributed by atoms with Crippen molar-refractivity contribution in [3.8, 4) is 24.4 Å². The van der Waals surface area contributed by atoms with Crippen LogP contribution in [0.25, 0.3) is 0 Å². The molecule has 0 aliphatic carbocycles. The van der Waals surface area contributed by atoms with Crippen molar-refractivity contribution in [2.45, 2.75) is 38.5 Å². The molecule has 16 heavy (non-hydrogen) atoms. The topological polar surface area (TPSA) is 63.6 Å². The molecule has 0 bridgehead atoms. The van der Waals surface area contributed by atoms with Gasteiger partial charge in [-0.25, -0.2) is 0 Å². The van der Waals surface area contributed by atoms with Crippen LogP contribution in [0.1, 0.15) is 38.5 Å². The second-order valence-electron chi connectivity index (χ2n) is 3.06. The van der Waals surface area contributed by atoms with E-state index >= 15 is 0 Å². The molecule has 0 heterocycles. The molecule has 0 aliphatic heterocycles. The van der Waals surface area contributed by atoms with E-state index in [1.165, 1.54) is 0 Å². The van der Waals surface area contributed by atoms with Crippen LogP contribution >= 0.6 is 0 Å². The van der Waals surface area contributed by atoms with Crippen LogP contribution in [0.5, 0.6) is 0 Å². The van der Waals surface area contributed by atoms with Crippen molar-refractivity contribution < 1.29 is 19.4 Å². The van der Waals surface area contributed by atoms with Gasteiger partial charge in [-0.15, -0.1) is 12.3 Å². The summed E-state index contributed by atoms with van der Waals surface area (Å²) in [4.78, 5) is 21.2. The third-order valence-corrected chi connectivity index (χ3v) is 1.65. The number of carboxylic acid groups (broad SMARTS) is 1. The summed E-state index contributed by atoms with van der Waals surface area (Å²) in [5.41, 5.74) is 0. The summed E-state index contributed by atoms with van der Waals surface area (Å²) >= 11 is 0. The summed E-state index contributed by atoms with van der Waals surface area (Å²) in [6.45, 7) is 0. The summed E-state index contributed by atoms with van der Waals surface area (Å²) in [5.74, 6) is 3.72. The van der Waals surface area contributed by atoms with Gasteiger partial charge in [0.1, 0.15) is 6.11 Å². The maximum absolute atomic E-state index is 11.0. The summed E-state index contributed by atoms with van der Waals surface area (Å²) in [6, 6.07) is 0. The van der Waals surface area contributed by atoms with Gasteiger partial charge in [0.25, 0.3) is 0 Å². The van der Waals surface area contributed by atoms with Crippen molar-refractivity contribution in [2.24, 2.45) is 0 Å². The molecule has 0 saturated heterocycles. The number of esters is 1. The summed E-state index contributed by atoms with van der Waals surface area (Å²) in [7, 11) is 0. The monoisotopic (exact) mass is 222 g/mol. The third kappa shape index (κ3) is 10.1. The molecule has 0 fully saturated rings. The molecule has 0 spiro atoms. The Labute approximate surface area is 95.0 Å². The highest BCUT2D eigenvalue weighted by atomic mass is 16.5. The Hall–Kier alpha value is -1.94. The first-order valence-electron chi connectivity index (χ1n) is 4.99. The fraction of sp³-hybridized carbons (Fsp3) is 0.500. The largest absolute Gasteiger partial charge is 0.481 e. The lowest BCUT2D eigenvalue weighted by molar-refractivity contribution is -0.139. The standard InChI is InChI=1S/C12H14O4/c1-2-3-4-7-10-16-12(15)9-6-5-8-11(13)14/h1H,3-6,8-9H2,(H,13,14). The van der Waals surface area contributed by atoms with E-state index in [4.69, 9.17) is 11.5 Å². The van der Waals surface area contributed by atoms with Gasteiger partial charge in [-0.05, 0) is 12.8 Å². The second kappa shape index (κ2) is 9.61. The molecule has 86 valence electrons. The molecule has 4 nitrogen and oxygen atoms in total. The van der Waals surface area contributed by atoms with Crippen LogP contribution in [-0.2, 0) is 14.3 Å². The molecule has 0 unspecified atom stereocenters. The van der Waals surface area contributed by atoms with Gasteiger partial charge in [-0.3, -0.25) is 9.59 Å². The molecule has 1 N–H and O–H groups in total. The minimum absolute atomic E-state index is 0.0706. The number of carboxylic acids is 1. The number of hydrogen-bond donors (Lipinski definition) is 1. The zero-order chi connectivity index (χ0) is 12.2. The van der Waals surface area contributed by atoms with Crippen molar-refractivity contribution in [1.82, 2.24) is 0 Å². The molecule has 0 aliphatic rings.